The molecular formula is C22H25N3O3. The maximum atomic E-state index is 12.9. The van der Waals surface area contributed by atoms with Gasteiger partial charge in [-0.05, 0) is 37.8 Å². The molecule has 0 aliphatic carbocycles. The van der Waals surface area contributed by atoms with Crippen LogP contribution in [0.1, 0.15) is 47.4 Å². The fraction of sp³-hybridized carbons (Fsp3) is 0.409. The van der Waals surface area contributed by atoms with Crippen molar-refractivity contribution in [1.82, 2.24) is 15.1 Å². The van der Waals surface area contributed by atoms with Crippen LogP contribution in [-0.4, -0.2) is 59.2 Å². The smallest absolute Gasteiger partial charge is 0.261 e. The summed E-state index contributed by atoms with van der Waals surface area (Å²) >= 11 is 0. The van der Waals surface area contributed by atoms with E-state index < -0.39 is 0 Å². The lowest BCUT2D eigenvalue weighted by molar-refractivity contribution is -0.135. The molecule has 0 bridgehead atoms. The van der Waals surface area contributed by atoms with Crippen LogP contribution in [0.4, 0.5) is 0 Å². The molecule has 146 valence electrons. The number of carbonyl (C=O) groups excluding carboxylic acids is 3. The zero-order valence-corrected chi connectivity index (χ0v) is 16.3. The van der Waals surface area contributed by atoms with Crippen LogP contribution in [-0.2, 0) is 4.79 Å². The second-order valence-electron chi connectivity index (χ2n) is 7.65. The fourth-order valence-electron chi connectivity index (χ4n) is 4.22. The molecule has 6 nitrogen and oxygen atoms in total. The summed E-state index contributed by atoms with van der Waals surface area (Å²) in [7, 11) is 0. The molecule has 2 atom stereocenters. The molecule has 2 aromatic rings. The molecule has 2 aliphatic heterocycles. The highest BCUT2D eigenvalue weighted by Crippen LogP contribution is 2.30. The first-order valence-corrected chi connectivity index (χ1v) is 9.90. The number of nitrogens with zero attached hydrogens (tertiary/aromatic N) is 2. The molecule has 6 heteroatoms. The molecular weight excluding hydrogens is 354 g/mol. The molecule has 4 rings (SSSR count). The van der Waals surface area contributed by atoms with Crippen molar-refractivity contribution in [1.29, 1.82) is 0 Å². The van der Waals surface area contributed by atoms with Crippen LogP contribution in [0, 0.1) is 0 Å². The van der Waals surface area contributed by atoms with E-state index in [2.05, 4.69) is 12.2 Å². The number of nitrogens with one attached hydrogen (secondary N) is 1. The minimum Gasteiger partial charge on any atom is -0.337 e. The maximum Gasteiger partial charge on any atom is 0.261 e. The standard InChI is InChI=1S/C22H25N3O3/c1-14-15(2)24(13-11-23-14)19(26)10-5-12-25-21(27)17-8-3-6-16-7-4-9-18(20(16)17)22(25)28/h3-4,6-9,14-15,23H,5,10-13H2,1-2H3. The van der Waals surface area contributed by atoms with E-state index in [4.69, 9.17) is 0 Å². The van der Waals surface area contributed by atoms with Crippen molar-refractivity contribution in [2.75, 3.05) is 19.6 Å². The molecule has 2 aromatic carbocycles. The van der Waals surface area contributed by atoms with Crippen molar-refractivity contribution in [3.63, 3.8) is 0 Å². The van der Waals surface area contributed by atoms with Crippen LogP contribution in [0.3, 0.4) is 0 Å². The summed E-state index contributed by atoms with van der Waals surface area (Å²) in [5.74, 6) is -0.461. The zero-order chi connectivity index (χ0) is 19.8. The van der Waals surface area contributed by atoms with Gasteiger partial charge in [0.15, 0.2) is 0 Å². The van der Waals surface area contributed by atoms with Gasteiger partial charge in [-0.2, -0.15) is 0 Å². The molecule has 0 radical (unpaired) electrons. The third-order valence-corrected chi connectivity index (χ3v) is 5.98. The quantitative estimate of drug-likeness (QED) is 0.829. The van der Waals surface area contributed by atoms with Gasteiger partial charge in [-0.1, -0.05) is 24.3 Å². The van der Waals surface area contributed by atoms with E-state index in [0.717, 1.165) is 17.3 Å². The van der Waals surface area contributed by atoms with E-state index in [0.29, 0.717) is 30.5 Å². The lowest BCUT2D eigenvalue weighted by Gasteiger charge is -2.38. The Labute approximate surface area is 164 Å². The molecule has 28 heavy (non-hydrogen) atoms. The lowest BCUT2D eigenvalue weighted by atomic mass is 9.94. The molecule has 0 spiro atoms. The molecule has 0 aromatic heterocycles. The highest BCUT2D eigenvalue weighted by molar-refractivity contribution is 6.25. The number of rotatable bonds is 4. The van der Waals surface area contributed by atoms with E-state index in [1.165, 1.54) is 4.90 Å². The van der Waals surface area contributed by atoms with E-state index in [-0.39, 0.29) is 36.3 Å². The fourth-order valence-corrected chi connectivity index (χ4v) is 4.22. The van der Waals surface area contributed by atoms with Gasteiger partial charge < -0.3 is 10.2 Å². The first-order chi connectivity index (χ1) is 13.5. The summed E-state index contributed by atoms with van der Waals surface area (Å²) in [5.41, 5.74) is 1.12. The van der Waals surface area contributed by atoms with Gasteiger partial charge in [-0.25, -0.2) is 0 Å². The largest absolute Gasteiger partial charge is 0.337 e. The van der Waals surface area contributed by atoms with Crippen LogP contribution in [0.2, 0.25) is 0 Å². The van der Waals surface area contributed by atoms with Gasteiger partial charge in [0.25, 0.3) is 11.8 Å². The van der Waals surface area contributed by atoms with Gasteiger partial charge in [0, 0.05) is 54.7 Å². The lowest BCUT2D eigenvalue weighted by Crippen LogP contribution is -2.57. The predicted octanol–water partition coefficient (Wildman–Crippen LogP) is 2.42. The van der Waals surface area contributed by atoms with Gasteiger partial charge in [-0.15, -0.1) is 0 Å². The van der Waals surface area contributed by atoms with Crippen molar-refractivity contribution >= 4 is 28.5 Å². The first kappa shape index (κ1) is 18.6. The Morgan fingerprint density at radius 1 is 1.07 bits per heavy atom. The maximum absolute atomic E-state index is 12.9. The number of hydrogen-bond donors (Lipinski definition) is 1. The summed E-state index contributed by atoms with van der Waals surface area (Å²) in [6, 6.07) is 11.4. The average molecular weight is 379 g/mol. The Hall–Kier alpha value is -2.73. The van der Waals surface area contributed by atoms with Crippen LogP contribution in [0.25, 0.3) is 10.8 Å². The molecule has 2 aliphatic rings. The van der Waals surface area contributed by atoms with Crippen molar-refractivity contribution < 1.29 is 14.4 Å². The van der Waals surface area contributed by atoms with Gasteiger partial charge in [0.2, 0.25) is 5.91 Å². The Morgan fingerprint density at radius 2 is 1.71 bits per heavy atom. The SMILES string of the molecule is CC1NCCN(C(=O)CCCN2C(=O)c3cccc4cccc(c34)C2=O)C1C. The molecule has 0 saturated carbocycles. The minimum absolute atomic E-state index is 0.0836. The molecule has 1 fully saturated rings. The van der Waals surface area contributed by atoms with E-state index >= 15 is 0 Å². The van der Waals surface area contributed by atoms with Crippen molar-refractivity contribution in [2.24, 2.45) is 0 Å². The topological polar surface area (TPSA) is 69.7 Å². The van der Waals surface area contributed by atoms with Gasteiger partial charge in [0.05, 0.1) is 0 Å². The number of benzene rings is 2. The molecule has 2 unspecified atom stereocenters. The Kier molecular flexibility index (Phi) is 4.89. The Morgan fingerprint density at radius 3 is 2.36 bits per heavy atom. The minimum atomic E-state index is -0.272. The Bertz CT molecular complexity index is 904. The van der Waals surface area contributed by atoms with Crippen LogP contribution in [0.15, 0.2) is 36.4 Å². The molecule has 1 N–H and O–H groups in total. The van der Waals surface area contributed by atoms with E-state index in [9.17, 15) is 14.4 Å². The number of amides is 3. The second kappa shape index (κ2) is 7.36. The molecule has 1 saturated heterocycles. The monoisotopic (exact) mass is 379 g/mol. The normalized spacial score (nSPS) is 22.1. The van der Waals surface area contributed by atoms with Gasteiger partial charge in [-0.3, -0.25) is 19.3 Å². The van der Waals surface area contributed by atoms with Crippen LogP contribution >= 0.6 is 0 Å². The van der Waals surface area contributed by atoms with Crippen molar-refractivity contribution in [2.45, 2.75) is 38.8 Å². The summed E-state index contributed by atoms with van der Waals surface area (Å²) in [5, 5.41) is 4.99. The summed E-state index contributed by atoms with van der Waals surface area (Å²) in [6.07, 6.45) is 0.805. The number of carbonyl (C=O) groups is 3. The average Bonchev–Trinajstić information content (AvgIpc) is 2.70. The van der Waals surface area contributed by atoms with Crippen molar-refractivity contribution in [3.8, 4) is 0 Å². The summed E-state index contributed by atoms with van der Waals surface area (Å²) < 4.78 is 0. The first-order valence-electron chi connectivity index (χ1n) is 9.90. The highest BCUT2D eigenvalue weighted by Gasteiger charge is 2.33. The van der Waals surface area contributed by atoms with Crippen molar-refractivity contribution in [3.05, 3.63) is 47.5 Å². The number of piperazine rings is 1. The number of hydrogen-bond acceptors (Lipinski definition) is 4. The molecule has 2 heterocycles. The van der Waals surface area contributed by atoms with Crippen LogP contribution < -0.4 is 5.32 Å². The highest BCUT2D eigenvalue weighted by atomic mass is 16.2. The van der Waals surface area contributed by atoms with Gasteiger partial charge >= 0.3 is 0 Å². The summed E-state index contributed by atoms with van der Waals surface area (Å²) in [4.78, 5) is 41.6. The zero-order valence-electron chi connectivity index (χ0n) is 16.3. The molecule has 3 amide bonds. The third-order valence-electron chi connectivity index (χ3n) is 5.98. The Balaban J connectivity index is 1.45. The second-order valence-corrected chi connectivity index (χ2v) is 7.65. The predicted molar refractivity (Wildman–Crippen MR) is 107 cm³/mol. The van der Waals surface area contributed by atoms with E-state index in [1.807, 2.05) is 36.1 Å². The third kappa shape index (κ3) is 3.07. The van der Waals surface area contributed by atoms with E-state index in [1.54, 1.807) is 12.1 Å². The summed E-state index contributed by atoms with van der Waals surface area (Å²) in [6.45, 7) is 5.86. The van der Waals surface area contributed by atoms with Crippen LogP contribution in [0.5, 0.6) is 0 Å². The van der Waals surface area contributed by atoms with Gasteiger partial charge in [0.1, 0.15) is 0 Å². The number of imide groups is 1.